The van der Waals surface area contributed by atoms with Gasteiger partial charge in [0.1, 0.15) is 0 Å². The van der Waals surface area contributed by atoms with E-state index in [0.29, 0.717) is 19.5 Å². The van der Waals surface area contributed by atoms with Gasteiger partial charge in [0, 0.05) is 25.5 Å². The molecule has 2 unspecified atom stereocenters. The van der Waals surface area contributed by atoms with Crippen molar-refractivity contribution in [1.29, 1.82) is 0 Å². The molecule has 116 valence electrons. The maximum atomic E-state index is 11.9. The van der Waals surface area contributed by atoms with Crippen LogP contribution in [0.2, 0.25) is 0 Å². The molecule has 0 saturated carbocycles. The van der Waals surface area contributed by atoms with Crippen molar-refractivity contribution in [2.45, 2.75) is 25.0 Å². The van der Waals surface area contributed by atoms with Crippen molar-refractivity contribution in [3.05, 3.63) is 48.3 Å². The van der Waals surface area contributed by atoms with Gasteiger partial charge in [0.2, 0.25) is 5.91 Å². The van der Waals surface area contributed by atoms with Gasteiger partial charge in [0.15, 0.2) is 0 Å². The van der Waals surface area contributed by atoms with Crippen LogP contribution >= 0.6 is 0 Å². The highest BCUT2D eigenvalue weighted by Crippen LogP contribution is 2.09. The van der Waals surface area contributed by atoms with Gasteiger partial charge in [-0.2, -0.15) is 5.10 Å². The van der Waals surface area contributed by atoms with E-state index in [9.17, 15) is 9.90 Å². The van der Waals surface area contributed by atoms with E-state index in [-0.39, 0.29) is 11.9 Å². The summed E-state index contributed by atoms with van der Waals surface area (Å²) in [5, 5.41) is 19.5. The number of rotatable bonds is 5. The highest BCUT2D eigenvalue weighted by molar-refractivity contribution is 5.82. The van der Waals surface area contributed by atoms with Crippen molar-refractivity contribution in [2.75, 3.05) is 13.1 Å². The Balaban J connectivity index is 1.46. The van der Waals surface area contributed by atoms with Crippen molar-refractivity contribution in [3.63, 3.8) is 0 Å². The number of aromatic nitrogens is 2. The van der Waals surface area contributed by atoms with Crippen LogP contribution in [0.25, 0.3) is 5.69 Å². The molecule has 1 saturated heterocycles. The topological polar surface area (TPSA) is 79.2 Å². The van der Waals surface area contributed by atoms with Gasteiger partial charge in [-0.1, -0.05) is 12.1 Å². The summed E-state index contributed by atoms with van der Waals surface area (Å²) in [5.74, 6) is -0.0373. The molecule has 1 aliphatic heterocycles. The maximum absolute atomic E-state index is 11.9. The zero-order valence-corrected chi connectivity index (χ0v) is 12.3. The zero-order chi connectivity index (χ0) is 15.4. The van der Waals surface area contributed by atoms with Gasteiger partial charge in [-0.25, -0.2) is 4.68 Å². The van der Waals surface area contributed by atoms with Crippen LogP contribution in [-0.4, -0.2) is 46.0 Å². The van der Waals surface area contributed by atoms with Crippen molar-refractivity contribution >= 4 is 5.91 Å². The molecule has 22 heavy (non-hydrogen) atoms. The summed E-state index contributed by atoms with van der Waals surface area (Å²) in [5.41, 5.74) is 2.18. The Hall–Kier alpha value is -2.18. The maximum Gasteiger partial charge on any atom is 0.237 e. The summed E-state index contributed by atoms with van der Waals surface area (Å²) in [7, 11) is 0. The fraction of sp³-hybridized carbons (Fsp3) is 0.375. The normalized spacial score (nSPS) is 21.0. The summed E-state index contributed by atoms with van der Waals surface area (Å²) in [6.45, 7) is 1.08. The minimum atomic E-state index is -0.411. The Morgan fingerprint density at radius 1 is 1.41 bits per heavy atom. The van der Waals surface area contributed by atoms with Gasteiger partial charge < -0.3 is 15.7 Å². The van der Waals surface area contributed by atoms with E-state index in [1.165, 1.54) is 0 Å². The Bertz CT molecular complexity index is 610. The van der Waals surface area contributed by atoms with Crippen LogP contribution in [0, 0.1) is 0 Å². The third-order valence-electron chi connectivity index (χ3n) is 3.84. The first-order valence-corrected chi connectivity index (χ1v) is 7.50. The minimum Gasteiger partial charge on any atom is -0.392 e. The van der Waals surface area contributed by atoms with E-state index in [1.54, 1.807) is 6.20 Å². The highest BCUT2D eigenvalue weighted by Gasteiger charge is 2.27. The molecular weight excluding hydrogens is 280 g/mol. The lowest BCUT2D eigenvalue weighted by Gasteiger charge is -2.11. The number of carbonyl (C=O) groups excluding carboxylic acids is 1. The second kappa shape index (κ2) is 6.72. The average Bonchev–Trinajstić information content (AvgIpc) is 3.19. The molecule has 3 rings (SSSR count). The van der Waals surface area contributed by atoms with Gasteiger partial charge in [-0.3, -0.25) is 4.79 Å². The number of hydrogen-bond acceptors (Lipinski definition) is 4. The van der Waals surface area contributed by atoms with Crippen LogP contribution in [0.1, 0.15) is 12.0 Å². The molecule has 2 atom stereocenters. The quantitative estimate of drug-likeness (QED) is 0.740. The van der Waals surface area contributed by atoms with Crippen molar-refractivity contribution in [1.82, 2.24) is 20.4 Å². The molecule has 0 spiro atoms. The fourth-order valence-corrected chi connectivity index (χ4v) is 2.61. The Morgan fingerprint density at radius 3 is 2.86 bits per heavy atom. The van der Waals surface area contributed by atoms with Gasteiger partial charge in [-0.15, -0.1) is 0 Å². The first-order chi connectivity index (χ1) is 10.7. The second-order valence-corrected chi connectivity index (χ2v) is 5.51. The zero-order valence-electron chi connectivity index (χ0n) is 12.3. The largest absolute Gasteiger partial charge is 0.392 e. The second-order valence-electron chi connectivity index (χ2n) is 5.51. The molecule has 1 aromatic carbocycles. The van der Waals surface area contributed by atoms with Crippen molar-refractivity contribution < 1.29 is 9.90 Å². The van der Waals surface area contributed by atoms with Gasteiger partial charge >= 0.3 is 0 Å². The fourth-order valence-electron chi connectivity index (χ4n) is 2.61. The number of aliphatic hydroxyl groups is 1. The molecular formula is C16H20N4O2. The number of nitrogens with one attached hydrogen (secondary N) is 2. The summed E-state index contributed by atoms with van der Waals surface area (Å²) in [4.78, 5) is 11.9. The van der Waals surface area contributed by atoms with Crippen LogP contribution in [0.5, 0.6) is 0 Å². The number of benzene rings is 1. The third kappa shape index (κ3) is 3.52. The molecule has 0 bridgehead atoms. The monoisotopic (exact) mass is 300 g/mol. The predicted molar refractivity (Wildman–Crippen MR) is 82.7 cm³/mol. The first kappa shape index (κ1) is 14.7. The molecule has 2 aromatic rings. The number of amides is 1. The van der Waals surface area contributed by atoms with E-state index < -0.39 is 6.10 Å². The van der Waals surface area contributed by atoms with E-state index >= 15 is 0 Å². The molecule has 1 fully saturated rings. The number of aliphatic hydroxyl groups excluding tert-OH is 1. The molecule has 1 amide bonds. The Labute approximate surface area is 129 Å². The standard InChI is InChI=1S/C16H20N4O2/c21-14-10-15(18-11-14)16(22)17-8-6-12-2-4-13(5-3-12)20-9-1-7-19-20/h1-5,7,9,14-15,18,21H,6,8,10-11H2,(H,17,22). The molecule has 1 aromatic heterocycles. The van der Waals surface area contributed by atoms with E-state index in [1.807, 2.05) is 41.2 Å². The van der Waals surface area contributed by atoms with E-state index in [0.717, 1.165) is 17.7 Å². The third-order valence-corrected chi connectivity index (χ3v) is 3.84. The lowest BCUT2D eigenvalue weighted by Crippen LogP contribution is -2.41. The van der Waals surface area contributed by atoms with Gasteiger partial charge in [0.25, 0.3) is 0 Å². The van der Waals surface area contributed by atoms with Gasteiger partial charge in [0.05, 0.1) is 17.8 Å². The summed E-state index contributed by atoms with van der Waals surface area (Å²) >= 11 is 0. The molecule has 0 aliphatic carbocycles. The molecule has 1 aliphatic rings. The van der Waals surface area contributed by atoms with Crippen LogP contribution in [0.4, 0.5) is 0 Å². The lowest BCUT2D eigenvalue weighted by atomic mass is 10.1. The molecule has 3 N–H and O–H groups in total. The SMILES string of the molecule is O=C(NCCc1ccc(-n2cccn2)cc1)C1CC(O)CN1. The number of carbonyl (C=O) groups is 1. The molecule has 0 radical (unpaired) electrons. The Kier molecular flexibility index (Phi) is 4.50. The molecule has 2 heterocycles. The minimum absolute atomic E-state index is 0.0373. The molecule has 6 heteroatoms. The first-order valence-electron chi connectivity index (χ1n) is 7.50. The number of nitrogens with zero attached hydrogens (tertiary/aromatic N) is 2. The number of β-amino-alcohol motifs (C(OH)–C–C–N with tert-alkyl or cyclic N) is 1. The van der Waals surface area contributed by atoms with Crippen molar-refractivity contribution in [3.8, 4) is 5.69 Å². The number of hydrogen-bond donors (Lipinski definition) is 3. The van der Waals surface area contributed by atoms with Gasteiger partial charge in [-0.05, 0) is 36.6 Å². The van der Waals surface area contributed by atoms with Crippen LogP contribution < -0.4 is 10.6 Å². The summed E-state index contributed by atoms with van der Waals surface area (Å²) in [6, 6.07) is 9.73. The summed E-state index contributed by atoms with van der Waals surface area (Å²) in [6.07, 6.45) is 4.51. The Morgan fingerprint density at radius 2 is 2.23 bits per heavy atom. The lowest BCUT2D eigenvalue weighted by molar-refractivity contribution is -0.122. The smallest absolute Gasteiger partial charge is 0.237 e. The summed E-state index contributed by atoms with van der Waals surface area (Å²) < 4.78 is 1.81. The van der Waals surface area contributed by atoms with Crippen LogP contribution in [0.15, 0.2) is 42.7 Å². The van der Waals surface area contributed by atoms with Crippen LogP contribution in [-0.2, 0) is 11.2 Å². The van der Waals surface area contributed by atoms with E-state index in [4.69, 9.17) is 0 Å². The van der Waals surface area contributed by atoms with Crippen molar-refractivity contribution in [2.24, 2.45) is 0 Å². The van der Waals surface area contributed by atoms with Crippen LogP contribution in [0.3, 0.4) is 0 Å². The average molecular weight is 300 g/mol. The molecule has 6 nitrogen and oxygen atoms in total. The highest BCUT2D eigenvalue weighted by atomic mass is 16.3. The predicted octanol–water partition coefficient (Wildman–Crippen LogP) is 0.254. The van der Waals surface area contributed by atoms with E-state index in [2.05, 4.69) is 15.7 Å².